The van der Waals surface area contributed by atoms with Crippen LogP contribution in [0.4, 0.5) is 0 Å². The zero-order valence-electron chi connectivity index (χ0n) is 9.34. The molecule has 0 radical (unpaired) electrons. The predicted octanol–water partition coefficient (Wildman–Crippen LogP) is 1.87. The molecule has 1 aliphatic rings. The van der Waals surface area contributed by atoms with E-state index in [0.717, 1.165) is 0 Å². The van der Waals surface area contributed by atoms with E-state index in [1.807, 2.05) is 6.92 Å². The summed E-state index contributed by atoms with van der Waals surface area (Å²) in [7, 11) is 0. The summed E-state index contributed by atoms with van der Waals surface area (Å²) in [6.45, 7) is 2.53. The Balaban J connectivity index is 1.97. The molecule has 0 saturated carbocycles. The van der Waals surface area contributed by atoms with Gasteiger partial charge >= 0.3 is 5.97 Å². The van der Waals surface area contributed by atoms with E-state index in [1.54, 1.807) is 18.2 Å². The van der Waals surface area contributed by atoms with Crippen molar-refractivity contribution in [3.63, 3.8) is 0 Å². The molecule has 0 N–H and O–H groups in total. The number of hydrogen-bond acceptors (Lipinski definition) is 5. The second-order valence-corrected chi connectivity index (χ2v) is 3.19. The Kier molecular flexibility index (Phi) is 3.49. The molecule has 0 spiro atoms. The highest BCUT2D eigenvalue weighted by Gasteiger charge is 2.14. The molecule has 0 atom stereocenters. The lowest BCUT2D eigenvalue weighted by molar-refractivity contribution is -0.129. The topological polar surface area (TPSA) is 54.0 Å². The zero-order valence-corrected chi connectivity index (χ0v) is 9.34. The van der Waals surface area contributed by atoms with Crippen LogP contribution in [-0.4, -0.2) is 19.4 Å². The van der Waals surface area contributed by atoms with E-state index < -0.39 is 5.97 Å². The molecule has 0 unspecified atom stereocenters. The number of carbonyl (C=O) groups excluding carboxylic acids is 1. The summed E-state index contributed by atoms with van der Waals surface area (Å²) < 4.78 is 20.2. The fourth-order valence-electron chi connectivity index (χ4n) is 1.29. The third-order valence-electron chi connectivity index (χ3n) is 2.03. The highest BCUT2D eigenvalue weighted by molar-refractivity contribution is 5.83. The van der Waals surface area contributed by atoms with Crippen molar-refractivity contribution in [2.24, 2.45) is 0 Å². The maximum absolute atomic E-state index is 11.3. The van der Waals surface area contributed by atoms with Crippen LogP contribution in [0, 0.1) is 0 Å². The van der Waals surface area contributed by atoms with Crippen LogP contribution in [0.3, 0.4) is 0 Å². The van der Waals surface area contributed by atoms with Crippen LogP contribution >= 0.6 is 0 Å². The zero-order chi connectivity index (χ0) is 12.1. The number of carbonyl (C=O) groups is 1. The fourth-order valence-corrected chi connectivity index (χ4v) is 1.29. The minimum atomic E-state index is -0.502. The van der Waals surface area contributed by atoms with Gasteiger partial charge < -0.3 is 18.9 Å². The summed E-state index contributed by atoms with van der Waals surface area (Å²) in [4.78, 5) is 11.3. The molecule has 90 valence electrons. The number of benzene rings is 1. The Morgan fingerprint density at radius 2 is 2.24 bits per heavy atom. The summed E-state index contributed by atoms with van der Waals surface area (Å²) in [5.74, 6) is 1.12. The van der Waals surface area contributed by atoms with Crippen LogP contribution in [0.15, 0.2) is 30.5 Å². The molecular weight excluding hydrogens is 224 g/mol. The van der Waals surface area contributed by atoms with Gasteiger partial charge in [-0.2, -0.15) is 0 Å². The van der Waals surface area contributed by atoms with Crippen molar-refractivity contribution in [2.75, 3.05) is 13.4 Å². The minimum absolute atomic E-state index is 0.191. The first-order valence-corrected chi connectivity index (χ1v) is 5.19. The summed E-state index contributed by atoms with van der Waals surface area (Å²) in [6, 6.07) is 4.94. The first kappa shape index (κ1) is 11.3. The van der Waals surface area contributed by atoms with Crippen molar-refractivity contribution in [3.8, 4) is 17.2 Å². The van der Waals surface area contributed by atoms with Crippen LogP contribution < -0.4 is 14.2 Å². The van der Waals surface area contributed by atoms with Crippen LogP contribution in [0.2, 0.25) is 0 Å². The summed E-state index contributed by atoms with van der Waals surface area (Å²) in [5.41, 5.74) is 0. The SMILES string of the molecule is CCO/C=C/C(=O)Oc1ccc2c(c1)OCO2. The highest BCUT2D eigenvalue weighted by Crippen LogP contribution is 2.35. The summed E-state index contributed by atoms with van der Waals surface area (Å²) >= 11 is 0. The molecule has 17 heavy (non-hydrogen) atoms. The van der Waals surface area contributed by atoms with E-state index >= 15 is 0 Å². The number of rotatable bonds is 4. The molecule has 1 heterocycles. The second kappa shape index (κ2) is 5.25. The summed E-state index contributed by atoms with van der Waals surface area (Å²) in [6.07, 6.45) is 2.52. The third kappa shape index (κ3) is 2.90. The second-order valence-electron chi connectivity index (χ2n) is 3.19. The molecular formula is C12H12O5. The van der Waals surface area contributed by atoms with E-state index in [2.05, 4.69) is 0 Å². The lowest BCUT2D eigenvalue weighted by atomic mass is 10.3. The van der Waals surface area contributed by atoms with Crippen LogP contribution in [-0.2, 0) is 9.53 Å². The minimum Gasteiger partial charge on any atom is -0.501 e. The molecule has 0 saturated heterocycles. The van der Waals surface area contributed by atoms with Crippen molar-refractivity contribution in [1.29, 1.82) is 0 Å². The standard InChI is InChI=1S/C12H12O5/c1-2-14-6-5-12(13)17-9-3-4-10-11(7-9)16-8-15-10/h3-7H,2,8H2,1H3/b6-5+. The van der Waals surface area contributed by atoms with Gasteiger partial charge in [0.15, 0.2) is 11.5 Å². The quantitative estimate of drug-likeness (QED) is 0.346. The lowest BCUT2D eigenvalue weighted by Crippen LogP contribution is -2.03. The van der Waals surface area contributed by atoms with Gasteiger partial charge in [0.05, 0.1) is 18.9 Å². The van der Waals surface area contributed by atoms with Crippen molar-refractivity contribution < 1.29 is 23.7 Å². The first-order valence-electron chi connectivity index (χ1n) is 5.19. The van der Waals surface area contributed by atoms with Crippen LogP contribution in [0.1, 0.15) is 6.92 Å². The highest BCUT2D eigenvalue weighted by atomic mass is 16.7. The van der Waals surface area contributed by atoms with Gasteiger partial charge in [0, 0.05) is 6.07 Å². The van der Waals surface area contributed by atoms with E-state index in [1.165, 1.54) is 12.3 Å². The van der Waals surface area contributed by atoms with Crippen LogP contribution in [0.5, 0.6) is 17.2 Å². The van der Waals surface area contributed by atoms with Gasteiger partial charge in [0.1, 0.15) is 5.75 Å². The average molecular weight is 236 g/mol. The smallest absolute Gasteiger partial charge is 0.339 e. The number of esters is 1. The Labute approximate surface area is 98.5 Å². The van der Waals surface area contributed by atoms with E-state index in [-0.39, 0.29) is 6.79 Å². The monoisotopic (exact) mass is 236 g/mol. The maximum Gasteiger partial charge on any atom is 0.339 e. The van der Waals surface area contributed by atoms with Gasteiger partial charge in [0.2, 0.25) is 6.79 Å². The Morgan fingerprint density at radius 3 is 3.06 bits per heavy atom. The number of ether oxygens (including phenoxy) is 4. The van der Waals surface area contributed by atoms with Gasteiger partial charge in [-0.3, -0.25) is 0 Å². The van der Waals surface area contributed by atoms with Crippen molar-refractivity contribution in [2.45, 2.75) is 6.92 Å². The Hall–Kier alpha value is -2.17. The number of hydrogen-bond donors (Lipinski definition) is 0. The molecule has 1 aromatic carbocycles. The molecule has 2 rings (SSSR count). The molecule has 0 amide bonds. The van der Waals surface area contributed by atoms with Gasteiger partial charge in [-0.1, -0.05) is 0 Å². The van der Waals surface area contributed by atoms with Crippen LogP contribution in [0.25, 0.3) is 0 Å². The van der Waals surface area contributed by atoms with Crippen molar-refractivity contribution in [1.82, 2.24) is 0 Å². The maximum atomic E-state index is 11.3. The Bertz CT molecular complexity index is 439. The molecule has 1 aliphatic heterocycles. The largest absolute Gasteiger partial charge is 0.501 e. The molecule has 1 aromatic rings. The molecule has 0 aliphatic carbocycles. The van der Waals surface area contributed by atoms with E-state index in [4.69, 9.17) is 18.9 Å². The number of fused-ring (bicyclic) bond motifs is 1. The van der Waals surface area contributed by atoms with Gasteiger partial charge in [-0.05, 0) is 19.1 Å². The normalized spacial score (nSPS) is 12.8. The molecule has 5 nitrogen and oxygen atoms in total. The molecule has 0 aromatic heterocycles. The van der Waals surface area contributed by atoms with E-state index in [9.17, 15) is 4.79 Å². The van der Waals surface area contributed by atoms with Gasteiger partial charge in [-0.25, -0.2) is 4.79 Å². The van der Waals surface area contributed by atoms with Crippen molar-refractivity contribution in [3.05, 3.63) is 30.5 Å². The van der Waals surface area contributed by atoms with Gasteiger partial charge in [-0.15, -0.1) is 0 Å². The predicted molar refractivity (Wildman–Crippen MR) is 59.0 cm³/mol. The average Bonchev–Trinajstić information content (AvgIpc) is 2.76. The van der Waals surface area contributed by atoms with E-state index in [0.29, 0.717) is 23.9 Å². The lowest BCUT2D eigenvalue weighted by Gasteiger charge is -2.02. The third-order valence-corrected chi connectivity index (χ3v) is 2.03. The Morgan fingerprint density at radius 1 is 1.41 bits per heavy atom. The summed E-state index contributed by atoms with van der Waals surface area (Å²) in [5, 5.41) is 0. The molecule has 0 fully saturated rings. The van der Waals surface area contributed by atoms with Crippen molar-refractivity contribution >= 4 is 5.97 Å². The molecule has 5 heteroatoms. The molecule has 0 bridgehead atoms. The van der Waals surface area contributed by atoms with Gasteiger partial charge in [0.25, 0.3) is 0 Å². The fraction of sp³-hybridized carbons (Fsp3) is 0.250. The first-order chi connectivity index (χ1) is 8.29.